The molecule has 106 valence electrons. The molecule has 0 aliphatic heterocycles. The smallest absolute Gasteiger partial charge is 0.394 e. The monoisotopic (exact) mass is 276 g/mol. The summed E-state index contributed by atoms with van der Waals surface area (Å²) >= 11 is 0. The second-order valence-electron chi connectivity index (χ2n) is 3.96. The number of hydrogen-bond acceptors (Lipinski definition) is 2. The van der Waals surface area contributed by atoms with Crippen LogP contribution in [-0.2, 0) is 6.18 Å². The third kappa shape index (κ3) is 4.78. The van der Waals surface area contributed by atoms with Gasteiger partial charge in [0, 0.05) is 5.69 Å². The van der Waals surface area contributed by atoms with Crippen LogP contribution in [0.4, 0.5) is 23.7 Å². The van der Waals surface area contributed by atoms with Gasteiger partial charge in [0.25, 0.3) is 0 Å². The van der Waals surface area contributed by atoms with E-state index in [0.717, 1.165) is 12.1 Å². The van der Waals surface area contributed by atoms with Crippen LogP contribution in [-0.4, -0.2) is 23.8 Å². The molecule has 0 saturated heterocycles. The van der Waals surface area contributed by atoms with Gasteiger partial charge in [0.15, 0.2) is 0 Å². The molecule has 0 aliphatic rings. The van der Waals surface area contributed by atoms with E-state index in [2.05, 4.69) is 10.6 Å². The molecule has 0 aromatic heterocycles. The van der Waals surface area contributed by atoms with Crippen LogP contribution in [0.1, 0.15) is 18.9 Å². The van der Waals surface area contributed by atoms with Crippen molar-refractivity contribution in [1.82, 2.24) is 5.32 Å². The first-order chi connectivity index (χ1) is 8.86. The predicted molar refractivity (Wildman–Crippen MR) is 64.8 cm³/mol. The molecule has 0 radical (unpaired) electrons. The van der Waals surface area contributed by atoms with Crippen LogP contribution >= 0.6 is 0 Å². The fourth-order valence-electron chi connectivity index (χ4n) is 1.40. The lowest BCUT2D eigenvalue weighted by Crippen LogP contribution is -2.39. The number of amides is 2. The quantitative estimate of drug-likeness (QED) is 0.791. The van der Waals surface area contributed by atoms with Gasteiger partial charge in [-0.2, -0.15) is 13.2 Å². The minimum atomic E-state index is -4.45. The number of rotatable bonds is 4. The average Bonchev–Trinajstić information content (AvgIpc) is 2.35. The van der Waals surface area contributed by atoms with Gasteiger partial charge in [-0.3, -0.25) is 0 Å². The highest BCUT2D eigenvalue weighted by molar-refractivity contribution is 5.89. The number of alkyl halides is 3. The number of urea groups is 1. The third-order valence-corrected chi connectivity index (χ3v) is 2.50. The first-order valence-electron chi connectivity index (χ1n) is 5.72. The Labute approximate surface area is 108 Å². The van der Waals surface area contributed by atoms with Gasteiger partial charge in [-0.05, 0) is 24.6 Å². The first kappa shape index (κ1) is 15.3. The van der Waals surface area contributed by atoms with Crippen LogP contribution in [0.25, 0.3) is 0 Å². The zero-order chi connectivity index (χ0) is 14.5. The fraction of sp³-hybridized carbons (Fsp3) is 0.417. The molecule has 1 aromatic rings. The molecule has 0 bridgehead atoms. The maximum Gasteiger partial charge on any atom is 0.416 e. The number of benzene rings is 1. The molecule has 0 aliphatic carbocycles. The number of carbonyl (C=O) groups is 1. The molecule has 0 fully saturated rings. The predicted octanol–water partition coefficient (Wildman–Crippen LogP) is 2.60. The van der Waals surface area contributed by atoms with Crippen LogP contribution in [0.2, 0.25) is 0 Å². The van der Waals surface area contributed by atoms with E-state index in [4.69, 9.17) is 5.11 Å². The molecular weight excluding hydrogens is 261 g/mol. The Hall–Kier alpha value is -1.76. The van der Waals surface area contributed by atoms with E-state index in [1.165, 1.54) is 12.1 Å². The van der Waals surface area contributed by atoms with E-state index in [1.807, 2.05) is 0 Å². The number of aliphatic hydroxyl groups excluding tert-OH is 1. The summed E-state index contributed by atoms with van der Waals surface area (Å²) in [6, 6.07) is 3.26. The highest BCUT2D eigenvalue weighted by Crippen LogP contribution is 2.30. The van der Waals surface area contributed by atoms with Gasteiger partial charge in [0.2, 0.25) is 0 Å². The maximum atomic E-state index is 12.5. The second-order valence-corrected chi connectivity index (χ2v) is 3.96. The van der Waals surface area contributed by atoms with Crippen LogP contribution in [0.15, 0.2) is 24.3 Å². The highest BCUT2D eigenvalue weighted by Gasteiger charge is 2.30. The van der Waals surface area contributed by atoms with E-state index in [1.54, 1.807) is 6.92 Å². The largest absolute Gasteiger partial charge is 0.416 e. The number of nitrogens with one attached hydrogen (secondary N) is 2. The lowest BCUT2D eigenvalue weighted by Gasteiger charge is -2.15. The molecule has 0 heterocycles. The van der Waals surface area contributed by atoms with Crippen LogP contribution in [0, 0.1) is 0 Å². The van der Waals surface area contributed by atoms with Gasteiger partial charge in [-0.15, -0.1) is 0 Å². The normalized spacial score (nSPS) is 12.9. The Morgan fingerprint density at radius 3 is 2.63 bits per heavy atom. The molecule has 1 aromatic carbocycles. The summed E-state index contributed by atoms with van der Waals surface area (Å²) in [6.45, 7) is 1.54. The summed E-state index contributed by atoms with van der Waals surface area (Å²) in [5.41, 5.74) is -0.792. The van der Waals surface area contributed by atoms with Crippen molar-refractivity contribution in [1.29, 1.82) is 0 Å². The molecule has 1 rings (SSSR count). The summed E-state index contributed by atoms with van der Waals surface area (Å²) in [4.78, 5) is 11.5. The van der Waals surface area contributed by atoms with Gasteiger partial charge in [-0.1, -0.05) is 13.0 Å². The van der Waals surface area contributed by atoms with Crippen LogP contribution < -0.4 is 10.6 Å². The summed E-state index contributed by atoms with van der Waals surface area (Å²) in [5.74, 6) is 0. The van der Waals surface area contributed by atoms with E-state index in [9.17, 15) is 18.0 Å². The Morgan fingerprint density at radius 2 is 2.11 bits per heavy atom. The van der Waals surface area contributed by atoms with E-state index in [0.29, 0.717) is 6.42 Å². The zero-order valence-corrected chi connectivity index (χ0v) is 10.3. The van der Waals surface area contributed by atoms with Crippen molar-refractivity contribution in [3.8, 4) is 0 Å². The van der Waals surface area contributed by atoms with E-state index >= 15 is 0 Å². The van der Waals surface area contributed by atoms with Crippen molar-refractivity contribution in [3.63, 3.8) is 0 Å². The fourth-order valence-corrected chi connectivity index (χ4v) is 1.40. The average molecular weight is 276 g/mol. The lowest BCUT2D eigenvalue weighted by molar-refractivity contribution is -0.137. The maximum absolute atomic E-state index is 12.5. The minimum Gasteiger partial charge on any atom is -0.394 e. The number of anilines is 1. The first-order valence-corrected chi connectivity index (χ1v) is 5.72. The molecule has 0 unspecified atom stereocenters. The standard InChI is InChI=1S/C12H15F3N2O2/c1-2-9(7-18)16-11(19)17-10-5-3-4-8(6-10)12(13,14)15/h3-6,9,18H,2,7H2,1H3,(H2,16,17,19)/t9-/m1/s1. The summed E-state index contributed by atoms with van der Waals surface area (Å²) in [5, 5.41) is 13.6. The van der Waals surface area contributed by atoms with Crippen molar-refractivity contribution in [2.45, 2.75) is 25.6 Å². The number of aliphatic hydroxyl groups is 1. The Morgan fingerprint density at radius 1 is 1.42 bits per heavy atom. The molecule has 0 spiro atoms. The summed E-state index contributed by atoms with van der Waals surface area (Å²) in [6.07, 6.45) is -3.93. The number of hydrogen-bond donors (Lipinski definition) is 3. The Balaban J connectivity index is 2.70. The minimum absolute atomic E-state index is 0.0418. The molecule has 0 saturated carbocycles. The second kappa shape index (κ2) is 6.42. The van der Waals surface area contributed by atoms with Crippen molar-refractivity contribution < 1.29 is 23.1 Å². The van der Waals surface area contributed by atoms with Gasteiger partial charge in [0.05, 0.1) is 18.2 Å². The molecule has 19 heavy (non-hydrogen) atoms. The SMILES string of the molecule is CC[C@H](CO)NC(=O)Nc1cccc(C(F)(F)F)c1. The van der Waals surface area contributed by atoms with Gasteiger partial charge in [-0.25, -0.2) is 4.79 Å². The molecule has 3 N–H and O–H groups in total. The highest BCUT2D eigenvalue weighted by atomic mass is 19.4. The van der Waals surface area contributed by atoms with Gasteiger partial charge < -0.3 is 15.7 Å². The summed E-state index contributed by atoms with van der Waals surface area (Å²) in [7, 11) is 0. The number of carbonyl (C=O) groups excluding carboxylic acids is 1. The van der Waals surface area contributed by atoms with Crippen molar-refractivity contribution in [3.05, 3.63) is 29.8 Å². The lowest BCUT2D eigenvalue weighted by atomic mass is 10.2. The van der Waals surface area contributed by atoms with Crippen molar-refractivity contribution >= 4 is 11.7 Å². The van der Waals surface area contributed by atoms with Crippen molar-refractivity contribution in [2.24, 2.45) is 0 Å². The summed E-state index contributed by atoms with van der Waals surface area (Å²) < 4.78 is 37.4. The zero-order valence-electron chi connectivity index (χ0n) is 10.3. The molecule has 1 atom stereocenters. The number of halogens is 3. The Kier molecular flexibility index (Phi) is 5.17. The van der Waals surface area contributed by atoms with Crippen molar-refractivity contribution in [2.75, 3.05) is 11.9 Å². The molecule has 2 amide bonds. The molecular formula is C12H15F3N2O2. The van der Waals surface area contributed by atoms with E-state index in [-0.39, 0.29) is 12.3 Å². The topological polar surface area (TPSA) is 61.4 Å². The van der Waals surface area contributed by atoms with Crippen LogP contribution in [0.5, 0.6) is 0 Å². The molecule has 4 nitrogen and oxygen atoms in total. The van der Waals surface area contributed by atoms with Gasteiger partial charge in [0.1, 0.15) is 0 Å². The third-order valence-electron chi connectivity index (χ3n) is 2.50. The van der Waals surface area contributed by atoms with Gasteiger partial charge >= 0.3 is 12.2 Å². The van der Waals surface area contributed by atoms with E-state index < -0.39 is 23.8 Å². The van der Waals surface area contributed by atoms with Crippen LogP contribution in [0.3, 0.4) is 0 Å². The molecule has 7 heteroatoms. The Bertz CT molecular complexity index is 431.